The van der Waals surface area contributed by atoms with Gasteiger partial charge in [-0.25, -0.2) is 9.82 Å². The van der Waals surface area contributed by atoms with E-state index in [0.717, 1.165) is 17.1 Å². The van der Waals surface area contributed by atoms with Gasteiger partial charge in [0.2, 0.25) is 0 Å². The third-order valence-corrected chi connectivity index (χ3v) is 3.10. The second-order valence-corrected chi connectivity index (χ2v) is 4.51. The minimum absolute atomic E-state index is 0.193. The molecule has 1 aromatic carbocycles. The Morgan fingerprint density at radius 3 is 2.72 bits per heavy atom. The quantitative estimate of drug-likeness (QED) is 0.662. The molecule has 5 heteroatoms. The molecule has 0 aliphatic carbocycles. The maximum Gasteiger partial charge on any atom is 0.124 e. The lowest BCUT2D eigenvalue weighted by Gasteiger charge is -2.14. The van der Waals surface area contributed by atoms with Crippen molar-refractivity contribution < 1.29 is 8.81 Å². The van der Waals surface area contributed by atoms with Crippen molar-refractivity contribution in [3.05, 3.63) is 58.3 Å². The molecule has 2 rings (SSSR count). The molecule has 0 saturated heterocycles. The van der Waals surface area contributed by atoms with Crippen molar-refractivity contribution in [2.75, 3.05) is 0 Å². The zero-order valence-electron chi connectivity index (χ0n) is 9.91. The lowest BCUT2D eigenvalue weighted by molar-refractivity contribution is 0.403. The second-order valence-electron chi connectivity index (χ2n) is 4.11. The van der Waals surface area contributed by atoms with Crippen molar-refractivity contribution in [3.8, 4) is 0 Å². The number of aryl methyl sites for hydroxylation is 1. The first kappa shape index (κ1) is 13.1. The van der Waals surface area contributed by atoms with Crippen molar-refractivity contribution >= 4 is 11.6 Å². The van der Waals surface area contributed by atoms with Gasteiger partial charge < -0.3 is 4.42 Å². The highest BCUT2D eigenvalue weighted by Crippen LogP contribution is 2.25. The number of nitrogens with two attached hydrogens (primary N) is 1. The minimum atomic E-state index is -0.352. The molecule has 96 valence electrons. The van der Waals surface area contributed by atoms with Crippen LogP contribution in [0.15, 0.2) is 34.7 Å². The second kappa shape index (κ2) is 5.52. The van der Waals surface area contributed by atoms with E-state index in [9.17, 15) is 4.39 Å². The molecule has 0 spiro atoms. The van der Waals surface area contributed by atoms with Gasteiger partial charge in [-0.15, -0.1) is 0 Å². The molecule has 0 aliphatic rings. The predicted octanol–water partition coefficient (Wildman–Crippen LogP) is 3.13. The fourth-order valence-corrected chi connectivity index (χ4v) is 2.03. The Hall–Kier alpha value is -1.36. The van der Waals surface area contributed by atoms with Crippen LogP contribution in [0, 0.1) is 12.7 Å². The van der Waals surface area contributed by atoms with Crippen LogP contribution in [0.2, 0.25) is 5.02 Å². The number of benzene rings is 1. The number of hydrazine groups is 1. The fraction of sp³-hybridized carbons (Fsp3) is 0.231. The first-order chi connectivity index (χ1) is 8.60. The highest BCUT2D eigenvalue weighted by atomic mass is 35.5. The molecule has 1 aromatic heterocycles. The summed E-state index contributed by atoms with van der Waals surface area (Å²) in [4.78, 5) is 0. The minimum Gasteiger partial charge on any atom is -0.465 e. The van der Waals surface area contributed by atoms with E-state index in [4.69, 9.17) is 21.9 Å². The Balaban J connectivity index is 2.20. The van der Waals surface area contributed by atoms with Crippen LogP contribution < -0.4 is 11.3 Å². The first-order valence-corrected chi connectivity index (χ1v) is 5.94. The Kier molecular flexibility index (Phi) is 4.01. The zero-order chi connectivity index (χ0) is 13.1. The molecule has 3 N–H and O–H groups in total. The van der Waals surface area contributed by atoms with E-state index in [-0.39, 0.29) is 11.9 Å². The van der Waals surface area contributed by atoms with Crippen molar-refractivity contribution in [2.45, 2.75) is 19.4 Å². The van der Waals surface area contributed by atoms with Gasteiger partial charge in [-0.1, -0.05) is 17.7 Å². The van der Waals surface area contributed by atoms with E-state index < -0.39 is 0 Å². The smallest absolute Gasteiger partial charge is 0.124 e. The number of furan rings is 1. The summed E-state index contributed by atoms with van der Waals surface area (Å²) in [5.74, 6) is 6.71. The maximum atomic E-state index is 12.9. The Morgan fingerprint density at radius 2 is 2.17 bits per heavy atom. The monoisotopic (exact) mass is 268 g/mol. The van der Waals surface area contributed by atoms with Crippen LogP contribution >= 0.6 is 11.6 Å². The van der Waals surface area contributed by atoms with E-state index in [2.05, 4.69) is 5.43 Å². The van der Waals surface area contributed by atoms with E-state index in [1.54, 1.807) is 6.07 Å². The molecule has 0 saturated carbocycles. The number of rotatable bonds is 4. The van der Waals surface area contributed by atoms with Gasteiger partial charge in [-0.3, -0.25) is 5.84 Å². The molecule has 1 unspecified atom stereocenters. The highest BCUT2D eigenvalue weighted by molar-refractivity contribution is 6.31. The summed E-state index contributed by atoms with van der Waals surface area (Å²) in [5.41, 5.74) is 3.49. The molecule has 0 amide bonds. The van der Waals surface area contributed by atoms with Crippen LogP contribution in [0.1, 0.15) is 23.1 Å². The summed E-state index contributed by atoms with van der Waals surface area (Å²) in [6, 6.07) is 7.85. The van der Waals surface area contributed by atoms with E-state index >= 15 is 0 Å². The Morgan fingerprint density at radius 1 is 1.39 bits per heavy atom. The Bertz CT molecular complexity index is 542. The fourth-order valence-electron chi connectivity index (χ4n) is 1.79. The molecule has 1 heterocycles. The van der Waals surface area contributed by atoms with E-state index in [1.165, 1.54) is 12.1 Å². The van der Waals surface area contributed by atoms with Gasteiger partial charge in [-0.05, 0) is 43.2 Å². The van der Waals surface area contributed by atoms with Gasteiger partial charge in [0, 0.05) is 5.02 Å². The summed E-state index contributed by atoms with van der Waals surface area (Å²) in [6.45, 7) is 1.86. The average molecular weight is 269 g/mol. The molecular formula is C13H14ClFN2O. The van der Waals surface area contributed by atoms with Crippen molar-refractivity contribution in [1.29, 1.82) is 0 Å². The third-order valence-electron chi connectivity index (χ3n) is 2.74. The lowest BCUT2D eigenvalue weighted by Crippen LogP contribution is -2.29. The van der Waals surface area contributed by atoms with Crippen molar-refractivity contribution in [2.24, 2.45) is 5.84 Å². The molecule has 0 radical (unpaired) electrons. The summed E-state index contributed by atoms with van der Waals surface area (Å²) in [6.07, 6.45) is 0.530. The largest absolute Gasteiger partial charge is 0.465 e. The first-order valence-electron chi connectivity index (χ1n) is 5.56. The number of nitrogens with one attached hydrogen (secondary N) is 1. The van der Waals surface area contributed by atoms with Gasteiger partial charge in [0.05, 0.1) is 6.04 Å². The maximum absolute atomic E-state index is 12.9. The molecule has 0 bridgehead atoms. The van der Waals surface area contributed by atoms with Crippen LogP contribution in [0.3, 0.4) is 0 Å². The van der Waals surface area contributed by atoms with E-state index in [0.29, 0.717) is 11.4 Å². The molecular weight excluding hydrogens is 255 g/mol. The topological polar surface area (TPSA) is 51.2 Å². The molecule has 3 nitrogen and oxygen atoms in total. The summed E-state index contributed by atoms with van der Waals surface area (Å²) in [5, 5.41) is 0.388. The number of hydrogen-bond donors (Lipinski definition) is 2. The zero-order valence-corrected chi connectivity index (χ0v) is 10.7. The molecule has 18 heavy (non-hydrogen) atoms. The van der Waals surface area contributed by atoms with Gasteiger partial charge >= 0.3 is 0 Å². The van der Waals surface area contributed by atoms with Crippen LogP contribution in [0.4, 0.5) is 4.39 Å². The highest BCUT2D eigenvalue weighted by Gasteiger charge is 2.16. The lowest BCUT2D eigenvalue weighted by atomic mass is 10.0. The third kappa shape index (κ3) is 2.90. The SMILES string of the molecule is Cc1ccc(C(Cc2ccc(F)cc2Cl)NN)o1. The van der Waals surface area contributed by atoms with Crippen LogP contribution in [-0.2, 0) is 6.42 Å². The van der Waals surface area contributed by atoms with Gasteiger partial charge in [0.25, 0.3) is 0 Å². The molecule has 2 aromatic rings. The van der Waals surface area contributed by atoms with Crippen molar-refractivity contribution in [1.82, 2.24) is 5.43 Å². The number of halogens is 2. The average Bonchev–Trinajstić information content (AvgIpc) is 2.75. The van der Waals surface area contributed by atoms with Gasteiger partial charge in [0.15, 0.2) is 0 Å². The standard InChI is InChI=1S/C13H14ClFN2O/c1-8-2-5-13(18-8)12(17-16)6-9-3-4-10(15)7-11(9)14/h2-5,7,12,17H,6,16H2,1H3. The van der Waals surface area contributed by atoms with Gasteiger partial charge in [0.1, 0.15) is 17.3 Å². The predicted molar refractivity (Wildman–Crippen MR) is 68.6 cm³/mol. The molecule has 1 atom stereocenters. The Labute approximate surface area is 110 Å². The van der Waals surface area contributed by atoms with Gasteiger partial charge in [-0.2, -0.15) is 0 Å². The van der Waals surface area contributed by atoms with Crippen LogP contribution in [0.5, 0.6) is 0 Å². The van der Waals surface area contributed by atoms with Crippen molar-refractivity contribution in [3.63, 3.8) is 0 Å². The van der Waals surface area contributed by atoms with E-state index in [1.807, 2.05) is 19.1 Å². The van der Waals surface area contributed by atoms with Crippen LogP contribution in [-0.4, -0.2) is 0 Å². The summed E-state index contributed by atoms with van der Waals surface area (Å²) >= 11 is 5.98. The molecule has 0 fully saturated rings. The normalized spacial score (nSPS) is 12.7. The number of hydrogen-bond acceptors (Lipinski definition) is 3. The molecule has 0 aliphatic heterocycles. The summed E-state index contributed by atoms with van der Waals surface area (Å²) < 4.78 is 18.5. The summed E-state index contributed by atoms with van der Waals surface area (Å²) in [7, 11) is 0. The van der Waals surface area contributed by atoms with Crippen LogP contribution in [0.25, 0.3) is 0 Å².